The largest absolute Gasteiger partial charge is 0.356 e. The van der Waals surface area contributed by atoms with Crippen LogP contribution in [0.25, 0.3) is 0 Å². The van der Waals surface area contributed by atoms with E-state index in [0.717, 1.165) is 13.0 Å². The van der Waals surface area contributed by atoms with Gasteiger partial charge in [0, 0.05) is 19.5 Å². The maximum Gasteiger partial charge on any atom is 0.221 e. The molecule has 0 fully saturated rings. The molecule has 0 unspecified atom stereocenters. The number of halogens is 1. The van der Waals surface area contributed by atoms with Gasteiger partial charge in [-0.3, -0.25) is 4.79 Å². The minimum atomic E-state index is 0. The first-order valence-electron chi connectivity index (χ1n) is 5.69. The summed E-state index contributed by atoms with van der Waals surface area (Å²) in [5.74, 6) is 0.112. The Balaban J connectivity index is 0.00000256. The summed E-state index contributed by atoms with van der Waals surface area (Å²) in [5.41, 5.74) is 2.53. The van der Waals surface area contributed by atoms with Crippen LogP contribution in [0.5, 0.6) is 0 Å². The van der Waals surface area contributed by atoms with Gasteiger partial charge in [0.2, 0.25) is 5.91 Å². The van der Waals surface area contributed by atoms with Crippen molar-refractivity contribution in [1.29, 1.82) is 0 Å². The van der Waals surface area contributed by atoms with Gasteiger partial charge in [-0.1, -0.05) is 29.8 Å². The van der Waals surface area contributed by atoms with Crippen molar-refractivity contribution in [1.82, 2.24) is 10.6 Å². The van der Waals surface area contributed by atoms with Gasteiger partial charge in [0.05, 0.1) is 0 Å². The predicted octanol–water partition coefficient (Wildman–Crippen LogP) is 1.69. The Labute approximate surface area is 109 Å². The zero-order valence-electron chi connectivity index (χ0n) is 10.5. The first kappa shape index (κ1) is 15.9. The van der Waals surface area contributed by atoms with E-state index in [1.54, 1.807) is 0 Å². The van der Waals surface area contributed by atoms with Gasteiger partial charge in [0.15, 0.2) is 0 Å². The summed E-state index contributed by atoms with van der Waals surface area (Å²) < 4.78 is 0. The van der Waals surface area contributed by atoms with Crippen molar-refractivity contribution >= 4 is 18.3 Å². The third-order valence-electron chi connectivity index (χ3n) is 2.46. The van der Waals surface area contributed by atoms with E-state index in [1.807, 2.05) is 7.05 Å². The predicted molar refractivity (Wildman–Crippen MR) is 73.7 cm³/mol. The monoisotopic (exact) mass is 256 g/mol. The molecule has 0 heterocycles. The molecule has 0 radical (unpaired) electrons. The molecule has 1 aromatic rings. The minimum absolute atomic E-state index is 0. The molecule has 1 rings (SSSR count). The number of hydrogen-bond acceptors (Lipinski definition) is 2. The molecule has 0 bridgehead atoms. The molecule has 0 aromatic heterocycles. The third-order valence-corrected chi connectivity index (χ3v) is 2.46. The van der Waals surface area contributed by atoms with Crippen molar-refractivity contribution in [2.45, 2.75) is 19.8 Å². The van der Waals surface area contributed by atoms with Crippen molar-refractivity contribution in [2.24, 2.45) is 0 Å². The van der Waals surface area contributed by atoms with Gasteiger partial charge in [0.25, 0.3) is 0 Å². The highest BCUT2D eigenvalue weighted by atomic mass is 35.5. The fourth-order valence-corrected chi connectivity index (χ4v) is 1.43. The molecule has 0 saturated carbocycles. The van der Waals surface area contributed by atoms with Gasteiger partial charge < -0.3 is 10.6 Å². The molecule has 1 aromatic carbocycles. The van der Waals surface area contributed by atoms with Gasteiger partial charge in [-0.05, 0) is 26.0 Å². The molecule has 1 amide bonds. The second kappa shape index (κ2) is 9.02. The number of rotatable bonds is 6. The van der Waals surface area contributed by atoms with E-state index in [4.69, 9.17) is 0 Å². The van der Waals surface area contributed by atoms with Crippen molar-refractivity contribution in [3.63, 3.8) is 0 Å². The number of carbonyl (C=O) groups is 1. The van der Waals surface area contributed by atoms with Crippen LogP contribution in [0.3, 0.4) is 0 Å². The molecule has 0 aliphatic heterocycles. The Morgan fingerprint density at radius 3 is 2.41 bits per heavy atom. The average molecular weight is 257 g/mol. The molecule has 2 N–H and O–H groups in total. The van der Waals surface area contributed by atoms with Gasteiger partial charge in [0.1, 0.15) is 0 Å². The Morgan fingerprint density at radius 1 is 1.18 bits per heavy atom. The van der Waals surface area contributed by atoms with E-state index >= 15 is 0 Å². The Morgan fingerprint density at radius 2 is 1.82 bits per heavy atom. The number of aryl methyl sites for hydroxylation is 1. The van der Waals surface area contributed by atoms with E-state index in [2.05, 4.69) is 41.8 Å². The second-order valence-electron chi connectivity index (χ2n) is 3.94. The van der Waals surface area contributed by atoms with Crippen LogP contribution in [0.2, 0.25) is 0 Å². The normalized spacial score (nSPS) is 9.53. The van der Waals surface area contributed by atoms with E-state index in [9.17, 15) is 4.79 Å². The van der Waals surface area contributed by atoms with Gasteiger partial charge in [-0.15, -0.1) is 12.4 Å². The molecule has 0 aliphatic carbocycles. The van der Waals surface area contributed by atoms with Crippen LogP contribution in [-0.4, -0.2) is 26.0 Å². The standard InChI is InChI=1S/C13H20N2O.ClH/c1-11-3-5-12(6-4-11)7-10-15-13(16)8-9-14-2;/h3-6,14H,7-10H2,1-2H3,(H,15,16);1H. The molecule has 96 valence electrons. The Bertz CT molecular complexity index is 325. The van der Waals surface area contributed by atoms with Crippen molar-refractivity contribution in [2.75, 3.05) is 20.1 Å². The van der Waals surface area contributed by atoms with Crippen molar-refractivity contribution in [3.05, 3.63) is 35.4 Å². The zero-order chi connectivity index (χ0) is 11.8. The molecule has 4 heteroatoms. The topological polar surface area (TPSA) is 41.1 Å². The van der Waals surface area contributed by atoms with Gasteiger partial charge in [-0.2, -0.15) is 0 Å². The Kier molecular flexibility index (Phi) is 8.46. The number of nitrogens with one attached hydrogen (secondary N) is 2. The number of amides is 1. The van der Waals surface area contributed by atoms with E-state index < -0.39 is 0 Å². The molecular weight excluding hydrogens is 236 g/mol. The average Bonchev–Trinajstić information content (AvgIpc) is 2.29. The number of carbonyl (C=O) groups excluding carboxylic acids is 1. The minimum Gasteiger partial charge on any atom is -0.356 e. The fraction of sp³-hybridized carbons (Fsp3) is 0.462. The third kappa shape index (κ3) is 6.97. The second-order valence-corrected chi connectivity index (χ2v) is 3.94. The lowest BCUT2D eigenvalue weighted by Crippen LogP contribution is -2.28. The first-order valence-corrected chi connectivity index (χ1v) is 5.69. The van der Waals surface area contributed by atoms with Crippen molar-refractivity contribution in [3.8, 4) is 0 Å². The summed E-state index contributed by atoms with van der Waals surface area (Å²) in [4.78, 5) is 11.3. The van der Waals surface area contributed by atoms with Crippen LogP contribution in [0, 0.1) is 6.92 Å². The van der Waals surface area contributed by atoms with Crippen LogP contribution in [0.15, 0.2) is 24.3 Å². The highest BCUT2D eigenvalue weighted by Gasteiger charge is 1.99. The summed E-state index contributed by atoms with van der Waals surface area (Å²) in [6.45, 7) is 3.52. The molecule has 3 nitrogen and oxygen atoms in total. The molecule has 0 aliphatic rings. The van der Waals surface area contributed by atoms with Crippen LogP contribution < -0.4 is 10.6 Å². The lowest BCUT2D eigenvalue weighted by Gasteiger charge is -2.05. The quantitative estimate of drug-likeness (QED) is 0.813. The maximum absolute atomic E-state index is 11.3. The SMILES string of the molecule is CNCCC(=O)NCCc1ccc(C)cc1.Cl. The molecule has 0 spiro atoms. The number of hydrogen-bond donors (Lipinski definition) is 2. The summed E-state index contributed by atoms with van der Waals surface area (Å²) in [7, 11) is 1.85. The Hall–Kier alpha value is -1.06. The smallest absolute Gasteiger partial charge is 0.221 e. The summed E-state index contributed by atoms with van der Waals surface area (Å²) >= 11 is 0. The summed E-state index contributed by atoms with van der Waals surface area (Å²) in [5, 5.41) is 5.85. The lowest BCUT2D eigenvalue weighted by atomic mass is 10.1. The lowest BCUT2D eigenvalue weighted by molar-refractivity contribution is -0.120. The van der Waals surface area contributed by atoms with Crippen LogP contribution in [0.4, 0.5) is 0 Å². The molecule has 0 atom stereocenters. The fourth-order valence-electron chi connectivity index (χ4n) is 1.43. The molecular formula is C13H21ClN2O. The first-order chi connectivity index (χ1) is 7.72. The van der Waals surface area contributed by atoms with E-state index in [-0.39, 0.29) is 18.3 Å². The van der Waals surface area contributed by atoms with E-state index in [0.29, 0.717) is 13.0 Å². The van der Waals surface area contributed by atoms with Gasteiger partial charge in [-0.25, -0.2) is 0 Å². The maximum atomic E-state index is 11.3. The highest BCUT2D eigenvalue weighted by Crippen LogP contribution is 2.02. The zero-order valence-corrected chi connectivity index (χ0v) is 11.3. The summed E-state index contributed by atoms with van der Waals surface area (Å²) in [6.07, 6.45) is 1.44. The van der Waals surface area contributed by atoms with Gasteiger partial charge >= 0.3 is 0 Å². The van der Waals surface area contributed by atoms with Crippen molar-refractivity contribution < 1.29 is 4.79 Å². The highest BCUT2D eigenvalue weighted by molar-refractivity contribution is 5.85. The van der Waals surface area contributed by atoms with E-state index in [1.165, 1.54) is 11.1 Å². The van der Waals surface area contributed by atoms with Crippen LogP contribution >= 0.6 is 12.4 Å². The molecule has 17 heavy (non-hydrogen) atoms. The number of benzene rings is 1. The summed E-state index contributed by atoms with van der Waals surface area (Å²) in [6, 6.07) is 8.40. The molecule has 0 saturated heterocycles. The van der Waals surface area contributed by atoms with Crippen LogP contribution in [0.1, 0.15) is 17.5 Å². The van der Waals surface area contributed by atoms with Crippen LogP contribution in [-0.2, 0) is 11.2 Å².